The maximum atomic E-state index is 13.3. The molecule has 0 radical (unpaired) electrons. The third-order valence-corrected chi connectivity index (χ3v) is 6.20. The van der Waals surface area contributed by atoms with Crippen LogP contribution in [0.1, 0.15) is 22.9 Å². The lowest BCUT2D eigenvalue weighted by atomic mass is 9.92. The number of nitrogens with zero attached hydrogens (tertiary/aromatic N) is 6. The van der Waals surface area contributed by atoms with Gasteiger partial charge >= 0.3 is 0 Å². The number of hydrogen-bond acceptors (Lipinski definition) is 6. The highest BCUT2D eigenvalue weighted by atomic mass is 16.2. The van der Waals surface area contributed by atoms with Crippen LogP contribution in [-0.4, -0.2) is 25.1 Å². The molecule has 0 aliphatic carbocycles. The van der Waals surface area contributed by atoms with Gasteiger partial charge in [-0.2, -0.15) is 15.6 Å². The first-order chi connectivity index (χ1) is 17.0. The minimum absolute atomic E-state index is 0.0737. The molecule has 1 aliphatic rings. The number of aromatic nitrogens is 4. The zero-order valence-corrected chi connectivity index (χ0v) is 18.9. The Labute approximate surface area is 200 Å². The third-order valence-electron chi connectivity index (χ3n) is 6.20. The Balaban J connectivity index is 1.65. The molecule has 172 valence electrons. The summed E-state index contributed by atoms with van der Waals surface area (Å²) in [5.74, 6) is -1.26. The average molecular weight is 464 g/mol. The lowest BCUT2D eigenvalue weighted by Gasteiger charge is -2.28. The fourth-order valence-corrected chi connectivity index (χ4v) is 4.37. The van der Waals surface area contributed by atoms with Gasteiger partial charge in [0.1, 0.15) is 23.4 Å². The molecular weight excluding hydrogens is 444 g/mol. The van der Waals surface area contributed by atoms with Crippen LogP contribution in [0.25, 0.3) is 5.69 Å². The van der Waals surface area contributed by atoms with Crippen molar-refractivity contribution in [1.82, 2.24) is 19.1 Å². The van der Waals surface area contributed by atoms with Crippen LogP contribution in [0.4, 0.5) is 17.3 Å². The molecule has 0 saturated carbocycles. The fraction of sp³-hybridized carbons (Fsp3) is 0.160. The highest BCUT2D eigenvalue weighted by molar-refractivity contribution is 5.98. The van der Waals surface area contributed by atoms with E-state index >= 15 is 0 Å². The van der Waals surface area contributed by atoms with Crippen molar-refractivity contribution in [2.75, 3.05) is 10.6 Å². The van der Waals surface area contributed by atoms with E-state index in [1.54, 1.807) is 30.8 Å². The molecule has 1 aliphatic heterocycles. The SMILES string of the molecule is Cc1c(Nc2nn3c(c2C#N)NC(=O)C(C#N)C3c2ccccc2)c(=O)n(-c2ccccc2)n1C. The molecule has 0 fully saturated rings. The topological polar surface area (TPSA) is 133 Å². The molecule has 2 aromatic carbocycles. The zero-order valence-electron chi connectivity index (χ0n) is 18.9. The van der Waals surface area contributed by atoms with Crippen LogP contribution in [-0.2, 0) is 11.8 Å². The van der Waals surface area contributed by atoms with Gasteiger partial charge in [0.05, 0.1) is 17.5 Å². The van der Waals surface area contributed by atoms with E-state index in [2.05, 4.69) is 27.9 Å². The van der Waals surface area contributed by atoms with Crippen molar-refractivity contribution < 1.29 is 4.79 Å². The first kappa shape index (κ1) is 21.7. The second kappa shape index (κ2) is 8.36. The maximum Gasteiger partial charge on any atom is 0.295 e. The van der Waals surface area contributed by atoms with E-state index in [1.807, 2.05) is 48.5 Å². The molecule has 10 nitrogen and oxygen atoms in total. The molecule has 0 saturated heterocycles. The number of hydrogen-bond donors (Lipinski definition) is 2. The molecule has 35 heavy (non-hydrogen) atoms. The highest BCUT2D eigenvalue weighted by Gasteiger charge is 2.40. The summed E-state index contributed by atoms with van der Waals surface area (Å²) in [5.41, 5.74) is 2.04. The summed E-state index contributed by atoms with van der Waals surface area (Å²) >= 11 is 0. The molecule has 2 atom stereocenters. The van der Waals surface area contributed by atoms with E-state index in [4.69, 9.17) is 0 Å². The fourth-order valence-electron chi connectivity index (χ4n) is 4.37. The predicted molar refractivity (Wildman–Crippen MR) is 128 cm³/mol. The standard InChI is InChI=1S/C25H20N8O2/c1-15-20(25(35)33(31(15)2)17-11-7-4-8-12-17)28-22-19(14-27)23-29-24(34)18(13-26)21(32(23)30-22)16-9-5-3-6-10-16/h3-12,18,21H,1-2H3,(H,28,30)(H,29,34). The second-order valence-corrected chi connectivity index (χ2v) is 8.14. The summed E-state index contributed by atoms with van der Waals surface area (Å²) in [6.45, 7) is 1.78. The molecule has 1 amide bonds. The highest BCUT2D eigenvalue weighted by Crippen LogP contribution is 2.38. The van der Waals surface area contributed by atoms with Gasteiger partial charge in [0.25, 0.3) is 5.56 Å². The molecule has 4 aromatic rings. The summed E-state index contributed by atoms with van der Waals surface area (Å²) in [6, 6.07) is 21.7. The van der Waals surface area contributed by atoms with E-state index in [0.717, 1.165) is 0 Å². The Bertz CT molecular complexity index is 1580. The van der Waals surface area contributed by atoms with Crippen LogP contribution in [0.15, 0.2) is 65.5 Å². The van der Waals surface area contributed by atoms with Crippen molar-refractivity contribution in [3.05, 3.63) is 87.8 Å². The average Bonchev–Trinajstić information content (AvgIpc) is 3.32. The van der Waals surface area contributed by atoms with Crippen LogP contribution in [0, 0.1) is 35.5 Å². The number of benzene rings is 2. The quantitative estimate of drug-likeness (QED) is 0.477. The van der Waals surface area contributed by atoms with E-state index in [9.17, 15) is 20.1 Å². The van der Waals surface area contributed by atoms with Crippen LogP contribution in [0.3, 0.4) is 0 Å². The minimum Gasteiger partial charge on any atom is -0.332 e. The van der Waals surface area contributed by atoms with Crippen LogP contribution >= 0.6 is 0 Å². The molecule has 0 spiro atoms. The van der Waals surface area contributed by atoms with E-state index < -0.39 is 17.9 Å². The summed E-state index contributed by atoms with van der Waals surface area (Å²) in [6.07, 6.45) is 0. The Morgan fingerprint density at radius 2 is 1.69 bits per heavy atom. The van der Waals surface area contributed by atoms with Gasteiger partial charge in [0.2, 0.25) is 5.91 Å². The number of nitrogens with one attached hydrogen (secondary N) is 2. The van der Waals surface area contributed by atoms with E-state index in [-0.39, 0.29) is 28.4 Å². The molecule has 5 rings (SSSR count). The molecule has 2 N–H and O–H groups in total. The number of carbonyl (C=O) groups is 1. The lowest BCUT2D eigenvalue weighted by Crippen LogP contribution is -2.37. The number of rotatable bonds is 4. The van der Waals surface area contributed by atoms with Gasteiger partial charge < -0.3 is 10.6 Å². The molecule has 10 heteroatoms. The van der Waals surface area contributed by atoms with E-state index in [0.29, 0.717) is 16.9 Å². The number of nitriles is 2. The van der Waals surface area contributed by atoms with E-state index in [1.165, 1.54) is 9.36 Å². The Kier molecular flexibility index (Phi) is 5.19. The number of anilines is 3. The molecule has 2 unspecified atom stereocenters. The Morgan fingerprint density at radius 1 is 1.03 bits per heavy atom. The molecule has 2 aromatic heterocycles. The predicted octanol–water partition coefficient (Wildman–Crippen LogP) is 2.98. The number of amides is 1. The first-order valence-corrected chi connectivity index (χ1v) is 10.8. The van der Waals surface area contributed by atoms with Gasteiger partial charge in [-0.15, -0.1) is 0 Å². The monoisotopic (exact) mass is 464 g/mol. The molecule has 0 bridgehead atoms. The Hall–Kier alpha value is -5.09. The van der Waals surface area contributed by atoms with Gasteiger partial charge in [-0.05, 0) is 24.6 Å². The van der Waals surface area contributed by atoms with Crippen molar-refractivity contribution >= 4 is 23.2 Å². The van der Waals surface area contributed by atoms with Crippen LogP contribution < -0.4 is 16.2 Å². The van der Waals surface area contributed by atoms with Gasteiger partial charge in [0.15, 0.2) is 17.6 Å². The van der Waals surface area contributed by atoms with Crippen LogP contribution in [0.2, 0.25) is 0 Å². The first-order valence-electron chi connectivity index (χ1n) is 10.8. The smallest absolute Gasteiger partial charge is 0.295 e. The molecule has 3 heterocycles. The summed E-state index contributed by atoms with van der Waals surface area (Å²) in [7, 11) is 1.77. The number of carbonyl (C=O) groups excluding carboxylic acids is 1. The van der Waals surface area contributed by atoms with Gasteiger partial charge in [-0.1, -0.05) is 48.5 Å². The summed E-state index contributed by atoms with van der Waals surface area (Å²) in [4.78, 5) is 26.1. The number of para-hydroxylation sites is 1. The summed E-state index contributed by atoms with van der Waals surface area (Å²) in [5, 5.41) is 29.9. The van der Waals surface area contributed by atoms with Gasteiger partial charge in [0, 0.05) is 7.05 Å². The zero-order chi connectivity index (χ0) is 24.7. The summed E-state index contributed by atoms with van der Waals surface area (Å²) < 4.78 is 4.70. The number of fused-ring (bicyclic) bond motifs is 1. The molecular formula is C25H20N8O2. The van der Waals surface area contributed by atoms with Crippen molar-refractivity contribution in [1.29, 1.82) is 10.5 Å². The minimum atomic E-state index is -1.04. The van der Waals surface area contributed by atoms with Crippen molar-refractivity contribution in [2.24, 2.45) is 13.0 Å². The largest absolute Gasteiger partial charge is 0.332 e. The van der Waals surface area contributed by atoms with Crippen molar-refractivity contribution in [3.8, 4) is 17.8 Å². The maximum absolute atomic E-state index is 13.3. The Morgan fingerprint density at radius 3 is 2.31 bits per heavy atom. The van der Waals surface area contributed by atoms with Gasteiger partial charge in [-0.3, -0.25) is 14.3 Å². The second-order valence-electron chi connectivity index (χ2n) is 8.14. The van der Waals surface area contributed by atoms with Crippen LogP contribution in [0.5, 0.6) is 0 Å². The lowest BCUT2D eigenvalue weighted by molar-refractivity contribution is -0.119. The normalized spacial score (nSPS) is 16.6. The van der Waals surface area contributed by atoms with Crippen molar-refractivity contribution in [2.45, 2.75) is 13.0 Å². The van der Waals surface area contributed by atoms with Gasteiger partial charge in [-0.25, -0.2) is 9.36 Å². The third kappa shape index (κ3) is 3.36. The van der Waals surface area contributed by atoms with Crippen molar-refractivity contribution in [3.63, 3.8) is 0 Å².